The Morgan fingerprint density at radius 1 is 1.16 bits per heavy atom. The highest BCUT2D eigenvalue weighted by molar-refractivity contribution is 6.00. The summed E-state index contributed by atoms with van der Waals surface area (Å²) in [6, 6.07) is 1.95. The molecule has 2 atom stereocenters. The van der Waals surface area contributed by atoms with Crippen molar-refractivity contribution in [3.63, 3.8) is 0 Å². The number of hydrogen-bond acceptors (Lipinski definition) is 4. The van der Waals surface area contributed by atoms with Gasteiger partial charge in [-0.05, 0) is 50.3 Å². The molecule has 166 valence electrons. The summed E-state index contributed by atoms with van der Waals surface area (Å²) in [5.74, 6) is -3.19. The minimum absolute atomic E-state index is 0.0810. The molecule has 1 aliphatic rings. The van der Waals surface area contributed by atoms with Crippen molar-refractivity contribution in [2.24, 2.45) is 0 Å². The molecule has 2 aromatic carbocycles. The van der Waals surface area contributed by atoms with Crippen molar-refractivity contribution in [1.82, 2.24) is 5.32 Å². The summed E-state index contributed by atoms with van der Waals surface area (Å²) in [6.07, 6.45) is -4.75. The molecule has 1 heterocycles. The number of allylic oxidation sites excluding steroid dienone is 1. The zero-order chi connectivity index (χ0) is 23.1. The van der Waals surface area contributed by atoms with E-state index >= 15 is 0 Å². The van der Waals surface area contributed by atoms with Gasteiger partial charge in [0.15, 0.2) is 0 Å². The molecule has 3 rings (SSSR count). The Morgan fingerprint density at radius 3 is 2.45 bits per heavy atom. The van der Waals surface area contributed by atoms with E-state index in [9.17, 15) is 37.0 Å². The molecule has 0 fully saturated rings. The van der Waals surface area contributed by atoms with Gasteiger partial charge in [0.2, 0.25) is 5.60 Å². The lowest BCUT2D eigenvalue weighted by molar-refractivity contribution is -0.246. The number of carbonyl (C=O) groups is 1. The Balaban J connectivity index is 2.26. The van der Waals surface area contributed by atoms with Crippen LogP contribution < -0.4 is 10.6 Å². The fourth-order valence-electron chi connectivity index (χ4n) is 3.53. The molecular formula is C21H19F5N2O3. The zero-order valence-corrected chi connectivity index (χ0v) is 16.4. The van der Waals surface area contributed by atoms with Gasteiger partial charge in [-0.25, -0.2) is 8.78 Å². The third-order valence-corrected chi connectivity index (χ3v) is 4.89. The van der Waals surface area contributed by atoms with Crippen LogP contribution in [0.3, 0.4) is 0 Å². The van der Waals surface area contributed by atoms with Gasteiger partial charge in [-0.1, -0.05) is 5.57 Å². The second kappa shape index (κ2) is 7.84. The van der Waals surface area contributed by atoms with E-state index in [-0.39, 0.29) is 28.9 Å². The molecule has 10 heteroatoms. The van der Waals surface area contributed by atoms with Crippen molar-refractivity contribution in [1.29, 1.82) is 0 Å². The Labute approximate surface area is 174 Å². The fourth-order valence-corrected chi connectivity index (χ4v) is 3.53. The molecule has 0 radical (unpaired) electrons. The lowest BCUT2D eigenvalue weighted by atomic mass is 9.85. The molecule has 1 aliphatic heterocycles. The molecule has 2 aromatic rings. The SMILES string of the molecule is CC(C)=CC(O)(C(Nc1cc(F)cc2c1CNC2=O)c1cc(F)ccc1O)C(F)(F)F. The average Bonchev–Trinajstić information content (AvgIpc) is 3.01. The third kappa shape index (κ3) is 4.20. The van der Waals surface area contributed by atoms with Gasteiger partial charge < -0.3 is 20.8 Å². The number of fused-ring (bicyclic) bond motifs is 1. The minimum atomic E-state index is -5.27. The maximum Gasteiger partial charge on any atom is 0.423 e. The largest absolute Gasteiger partial charge is 0.508 e. The number of amides is 1. The number of benzene rings is 2. The van der Waals surface area contributed by atoms with Crippen LogP contribution in [0.4, 0.5) is 27.6 Å². The molecule has 0 aliphatic carbocycles. The summed E-state index contributed by atoms with van der Waals surface area (Å²) >= 11 is 0. The van der Waals surface area contributed by atoms with E-state index in [1.807, 2.05) is 0 Å². The number of phenols is 1. The summed E-state index contributed by atoms with van der Waals surface area (Å²) in [6.45, 7) is 2.55. The van der Waals surface area contributed by atoms with Crippen LogP contribution in [-0.4, -0.2) is 27.9 Å². The number of alkyl halides is 3. The number of hydrogen-bond donors (Lipinski definition) is 4. The van der Waals surface area contributed by atoms with Crippen LogP contribution in [0.5, 0.6) is 5.75 Å². The fraction of sp³-hybridized carbons (Fsp3) is 0.286. The number of halogens is 5. The van der Waals surface area contributed by atoms with E-state index < -0.39 is 46.7 Å². The van der Waals surface area contributed by atoms with E-state index in [0.717, 1.165) is 24.3 Å². The molecule has 0 bridgehead atoms. The monoisotopic (exact) mass is 442 g/mol. The summed E-state index contributed by atoms with van der Waals surface area (Å²) in [5.41, 5.74) is -4.26. The Hall–Kier alpha value is -3.14. The highest BCUT2D eigenvalue weighted by Gasteiger charge is 2.58. The summed E-state index contributed by atoms with van der Waals surface area (Å²) in [5, 5.41) is 25.8. The smallest absolute Gasteiger partial charge is 0.423 e. The maximum absolute atomic E-state index is 14.1. The lowest BCUT2D eigenvalue weighted by Gasteiger charge is -2.37. The summed E-state index contributed by atoms with van der Waals surface area (Å²) in [7, 11) is 0. The number of phenolic OH excluding ortho intramolecular Hbond substituents is 1. The predicted molar refractivity (Wildman–Crippen MR) is 102 cm³/mol. The van der Waals surface area contributed by atoms with Gasteiger partial charge in [0.1, 0.15) is 17.4 Å². The number of carbonyl (C=O) groups excluding carboxylic acids is 1. The molecule has 31 heavy (non-hydrogen) atoms. The van der Waals surface area contributed by atoms with Crippen LogP contribution >= 0.6 is 0 Å². The van der Waals surface area contributed by atoms with Crippen molar-refractivity contribution < 1.29 is 37.0 Å². The van der Waals surface area contributed by atoms with Crippen molar-refractivity contribution in [3.05, 3.63) is 70.3 Å². The lowest BCUT2D eigenvalue weighted by Crippen LogP contribution is -2.51. The van der Waals surface area contributed by atoms with Crippen molar-refractivity contribution in [2.45, 2.75) is 38.2 Å². The van der Waals surface area contributed by atoms with E-state index in [4.69, 9.17) is 0 Å². The Kier molecular flexibility index (Phi) is 5.70. The Morgan fingerprint density at radius 2 is 1.84 bits per heavy atom. The van der Waals surface area contributed by atoms with Gasteiger partial charge in [0.25, 0.3) is 5.91 Å². The highest BCUT2D eigenvalue weighted by Crippen LogP contribution is 2.46. The van der Waals surface area contributed by atoms with Gasteiger partial charge in [-0.2, -0.15) is 13.2 Å². The number of anilines is 1. The molecule has 5 nitrogen and oxygen atoms in total. The van der Waals surface area contributed by atoms with Gasteiger partial charge in [-0.3, -0.25) is 4.79 Å². The van der Waals surface area contributed by atoms with Crippen LogP contribution in [0.2, 0.25) is 0 Å². The van der Waals surface area contributed by atoms with Crippen LogP contribution in [0.15, 0.2) is 42.0 Å². The first-order valence-electron chi connectivity index (χ1n) is 9.14. The van der Waals surface area contributed by atoms with Crippen molar-refractivity contribution in [3.8, 4) is 5.75 Å². The summed E-state index contributed by atoms with van der Waals surface area (Å²) < 4.78 is 70.3. The molecule has 2 unspecified atom stereocenters. The first kappa shape index (κ1) is 22.5. The second-order valence-corrected chi connectivity index (χ2v) is 7.49. The number of aromatic hydroxyl groups is 1. The van der Waals surface area contributed by atoms with Crippen molar-refractivity contribution in [2.75, 3.05) is 5.32 Å². The third-order valence-electron chi connectivity index (χ3n) is 4.89. The normalized spacial score (nSPS) is 16.2. The van der Waals surface area contributed by atoms with Gasteiger partial charge in [0.05, 0.1) is 6.04 Å². The number of aliphatic hydroxyl groups is 1. The zero-order valence-electron chi connectivity index (χ0n) is 16.4. The van der Waals surface area contributed by atoms with Crippen LogP contribution in [0.25, 0.3) is 0 Å². The molecule has 0 saturated heterocycles. The molecule has 0 spiro atoms. The minimum Gasteiger partial charge on any atom is -0.508 e. The standard InChI is InChI=1S/C21H19F5N2O3/c1-10(2)8-20(31,21(24,25)26)18(14-5-11(22)3-4-17(14)29)28-16-7-12(23)6-13-15(16)9-27-19(13)30/h3-8,18,28-29,31H,9H2,1-2H3,(H,27,30). The van der Waals surface area contributed by atoms with Crippen molar-refractivity contribution >= 4 is 11.6 Å². The van der Waals surface area contributed by atoms with E-state index in [1.54, 1.807) is 0 Å². The van der Waals surface area contributed by atoms with Gasteiger partial charge in [0, 0.05) is 28.9 Å². The van der Waals surface area contributed by atoms with E-state index in [1.165, 1.54) is 13.8 Å². The molecule has 0 saturated carbocycles. The first-order chi connectivity index (χ1) is 14.3. The van der Waals surface area contributed by atoms with Crippen LogP contribution in [0.1, 0.15) is 41.4 Å². The topological polar surface area (TPSA) is 81.6 Å². The summed E-state index contributed by atoms with van der Waals surface area (Å²) in [4.78, 5) is 11.9. The van der Waals surface area contributed by atoms with Gasteiger partial charge >= 0.3 is 6.18 Å². The number of rotatable bonds is 5. The average molecular weight is 442 g/mol. The van der Waals surface area contributed by atoms with Crippen LogP contribution in [0, 0.1) is 11.6 Å². The second-order valence-electron chi connectivity index (χ2n) is 7.49. The van der Waals surface area contributed by atoms with E-state index in [0.29, 0.717) is 12.1 Å². The predicted octanol–water partition coefficient (Wildman–Crippen LogP) is 4.33. The molecule has 0 aromatic heterocycles. The van der Waals surface area contributed by atoms with Gasteiger partial charge in [-0.15, -0.1) is 0 Å². The van der Waals surface area contributed by atoms with Crippen LogP contribution in [-0.2, 0) is 6.54 Å². The molecule has 1 amide bonds. The highest BCUT2D eigenvalue weighted by atomic mass is 19.4. The molecule has 4 N–H and O–H groups in total. The quantitative estimate of drug-likeness (QED) is 0.411. The molecular weight excluding hydrogens is 423 g/mol. The number of nitrogens with one attached hydrogen (secondary N) is 2. The van der Waals surface area contributed by atoms with E-state index in [2.05, 4.69) is 10.6 Å². The first-order valence-corrected chi connectivity index (χ1v) is 9.14. The Bertz CT molecular complexity index is 1060. The maximum atomic E-state index is 14.1.